The van der Waals surface area contributed by atoms with Gasteiger partial charge in [0.25, 0.3) is 0 Å². The van der Waals surface area contributed by atoms with Crippen LogP contribution < -0.4 is 4.90 Å². The molecule has 0 aliphatic heterocycles. The van der Waals surface area contributed by atoms with Crippen molar-refractivity contribution in [3.05, 3.63) is 84.5 Å². The van der Waals surface area contributed by atoms with E-state index in [9.17, 15) is 4.79 Å². The fourth-order valence-electron chi connectivity index (χ4n) is 3.07. The molecule has 5 heteroatoms. The maximum atomic E-state index is 12.4. The molecule has 0 bridgehead atoms. The van der Waals surface area contributed by atoms with E-state index in [0.29, 0.717) is 13.2 Å². The molecule has 0 unspecified atom stereocenters. The standard InChI is InChI=1S/C26H34ClNO2Si/c1-7-13-22(18-19-30-31(5,6)26(2,3)4)23-16-11-12-17-24(23)28(25(27)29)20-21-14-9-8-10-15-21/h7-17H,1,18-20H2,2-6H3/b22-13+. The third kappa shape index (κ3) is 6.93. The average Bonchev–Trinajstić information content (AvgIpc) is 2.71. The molecule has 166 valence electrons. The van der Waals surface area contributed by atoms with E-state index in [0.717, 1.165) is 28.8 Å². The lowest BCUT2D eigenvalue weighted by molar-refractivity contribution is 0.264. The third-order valence-electron chi connectivity index (χ3n) is 5.90. The van der Waals surface area contributed by atoms with Crippen LogP contribution >= 0.6 is 11.6 Å². The van der Waals surface area contributed by atoms with Crippen molar-refractivity contribution in [3.63, 3.8) is 0 Å². The summed E-state index contributed by atoms with van der Waals surface area (Å²) >= 11 is 6.02. The predicted molar refractivity (Wildman–Crippen MR) is 136 cm³/mol. The Bertz CT molecular complexity index is 917. The molecule has 0 atom stereocenters. The van der Waals surface area contributed by atoms with Crippen molar-refractivity contribution in [3.8, 4) is 0 Å². The summed E-state index contributed by atoms with van der Waals surface area (Å²) in [4.78, 5) is 14.0. The number of rotatable bonds is 9. The van der Waals surface area contributed by atoms with E-state index in [1.807, 2.05) is 60.7 Å². The Hall–Kier alpha value is -2.14. The van der Waals surface area contributed by atoms with E-state index < -0.39 is 13.7 Å². The molecule has 2 rings (SSSR count). The van der Waals surface area contributed by atoms with Gasteiger partial charge in [0.15, 0.2) is 8.32 Å². The molecule has 0 aliphatic rings. The van der Waals surface area contributed by atoms with Gasteiger partial charge in [-0.15, -0.1) is 0 Å². The summed E-state index contributed by atoms with van der Waals surface area (Å²) in [6, 6.07) is 17.7. The molecule has 0 N–H and O–H groups in total. The lowest BCUT2D eigenvalue weighted by Crippen LogP contribution is -2.41. The largest absolute Gasteiger partial charge is 0.416 e. The number of anilines is 1. The molecule has 0 radical (unpaired) electrons. The van der Waals surface area contributed by atoms with Gasteiger partial charge in [-0.3, -0.25) is 9.69 Å². The predicted octanol–water partition coefficient (Wildman–Crippen LogP) is 8.03. The molecule has 0 heterocycles. The molecule has 3 nitrogen and oxygen atoms in total. The van der Waals surface area contributed by atoms with Crippen molar-refractivity contribution < 1.29 is 9.22 Å². The molecule has 0 aliphatic carbocycles. The second kappa shape index (κ2) is 10.9. The fraction of sp³-hybridized carbons (Fsp3) is 0.346. The fourth-order valence-corrected chi connectivity index (χ4v) is 4.27. The molecule has 31 heavy (non-hydrogen) atoms. The molecule has 0 aromatic heterocycles. The highest BCUT2D eigenvalue weighted by molar-refractivity contribution is 6.74. The van der Waals surface area contributed by atoms with Gasteiger partial charge in [0, 0.05) is 12.2 Å². The first-order valence-electron chi connectivity index (χ1n) is 10.6. The zero-order valence-electron chi connectivity index (χ0n) is 19.3. The molecular weight excluding hydrogens is 422 g/mol. The second-order valence-electron chi connectivity index (χ2n) is 9.13. The van der Waals surface area contributed by atoms with E-state index >= 15 is 0 Å². The highest BCUT2D eigenvalue weighted by Crippen LogP contribution is 2.37. The maximum Gasteiger partial charge on any atom is 0.321 e. The summed E-state index contributed by atoms with van der Waals surface area (Å²) in [5.74, 6) is 0. The van der Waals surface area contributed by atoms with Gasteiger partial charge in [0.2, 0.25) is 0 Å². The van der Waals surface area contributed by atoms with Crippen LogP contribution in [0.1, 0.15) is 38.3 Å². The van der Waals surface area contributed by atoms with Crippen molar-refractivity contribution in [2.75, 3.05) is 11.5 Å². The van der Waals surface area contributed by atoms with Gasteiger partial charge >= 0.3 is 5.37 Å². The monoisotopic (exact) mass is 455 g/mol. The van der Waals surface area contributed by atoms with Crippen LogP contribution in [0.4, 0.5) is 10.5 Å². The number of hydrogen-bond donors (Lipinski definition) is 0. The second-order valence-corrected chi connectivity index (χ2v) is 14.3. The van der Waals surface area contributed by atoms with Crippen LogP contribution in [0.15, 0.2) is 73.3 Å². The Morgan fingerprint density at radius 3 is 2.29 bits per heavy atom. The van der Waals surface area contributed by atoms with Gasteiger partial charge in [-0.1, -0.05) is 88.0 Å². The zero-order chi connectivity index (χ0) is 23.1. The smallest absolute Gasteiger partial charge is 0.321 e. The number of para-hydroxylation sites is 1. The molecule has 2 aromatic carbocycles. The normalized spacial score (nSPS) is 12.5. The van der Waals surface area contributed by atoms with Crippen LogP contribution in [-0.2, 0) is 11.0 Å². The average molecular weight is 456 g/mol. The summed E-state index contributed by atoms with van der Waals surface area (Å²) in [5.41, 5.74) is 3.83. The van der Waals surface area contributed by atoms with E-state index in [1.165, 1.54) is 0 Å². The van der Waals surface area contributed by atoms with Crippen molar-refractivity contribution >= 4 is 36.5 Å². The van der Waals surface area contributed by atoms with E-state index in [4.69, 9.17) is 16.0 Å². The van der Waals surface area contributed by atoms with Gasteiger partial charge in [-0.05, 0) is 53.4 Å². The van der Waals surface area contributed by atoms with E-state index in [2.05, 4.69) is 40.4 Å². The van der Waals surface area contributed by atoms with Crippen molar-refractivity contribution in [2.45, 2.75) is 51.9 Å². The van der Waals surface area contributed by atoms with Gasteiger partial charge in [-0.25, -0.2) is 0 Å². The first-order valence-corrected chi connectivity index (χ1v) is 13.9. The molecule has 0 fully saturated rings. The Morgan fingerprint density at radius 1 is 1.10 bits per heavy atom. The van der Waals surface area contributed by atoms with Gasteiger partial charge in [0.1, 0.15) is 0 Å². The Labute approximate surface area is 193 Å². The molecule has 0 saturated heterocycles. The minimum absolute atomic E-state index is 0.157. The van der Waals surface area contributed by atoms with Crippen molar-refractivity contribution in [2.24, 2.45) is 0 Å². The van der Waals surface area contributed by atoms with Crippen LogP contribution in [0.5, 0.6) is 0 Å². The number of carbonyl (C=O) groups is 1. The minimum atomic E-state index is -1.84. The quantitative estimate of drug-likeness (QED) is 0.166. The molecule has 0 saturated carbocycles. The third-order valence-corrected chi connectivity index (χ3v) is 10.6. The van der Waals surface area contributed by atoms with Gasteiger partial charge in [-0.2, -0.15) is 0 Å². The molecule has 1 amide bonds. The number of halogens is 1. The summed E-state index contributed by atoms with van der Waals surface area (Å²) in [7, 11) is -1.84. The highest BCUT2D eigenvalue weighted by atomic mass is 35.5. The highest BCUT2D eigenvalue weighted by Gasteiger charge is 2.37. The summed E-state index contributed by atoms with van der Waals surface area (Å²) in [6.45, 7) is 16.1. The number of amides is 1. The lowest BCUT2D eigenvalue weighted by Gasteiger charge is -2.36. The zero-order valence-corrected chi connectivity index (χ0v) is 21.1. The van der Waals surface area contributed by atoms with Crippen LogP contribution in [0.2, 0.25) is 18.1 Å². The van der Waals surface area contributed by atoms with E-state index in [-0.39, 0.29) is 5.04 Å². The Morgan fingerprint density at radius 2 is 1.71 bits per heavy atom. The first kappa shape index (κ1) is 25.1. The molecule has 0 spiro atoms. The maximum absolute atomic E-state index is 12.4. The van der Waals surface area contributed by atoms with Gasteiger partial charge < -0.3 is 4.43 Å². The van der Waals surface area contributed by atoms with Crippen LogP contribution in [0, 0.1) is 0 Å². The number of carbonyl (C=O) groups excluding carboxylic acids is 1. The van der Waals surface area contributed by atoms with Crippen molar-refractivity contribution in [1.82, 2.24) is 0 Å². The lowest BCUT2D eigenvalue weighted by atomic mass is 9.99. The number of allylic oxidation sites excluding steroid dienone is 2. The van der Waals surface area contributed by atoms with Crippen molar-refractivity contribution in [1.29, 1.82) is 0 Å². The summed E-state index contributed by atoms with van der Waals surface area (Å²) < 4.78 is 6.39. The van der Waals surface area contributed by atoms with Crippen LogP contribution in [-0.4, -0.2) is 20.3 Å². The first-order chi connectivity index (χ1) is 14.6. The van der Waals surface area contributed by atoms with Crippen LogP contribution in [0.3, 0.4) is 0 Å². The number of hydrogen-bond acceptors (Lipinski definition) is 2. The van der Waals surface area contributed by atoms with Gasteiger partial charge in [0.05, 0.1) is 12.2 Å². The molecule has 2 aromatic rings. The summed E-state index contributed by atoms with van der Waals surface area (Å²) in [5, 5.41) is -0.350. The Kier molecular flexibility index (Phi) is 8.86. The number of benzene rings is 2. The van der Waals surface area contributed by atoms with Crippen LogP contribution in [0.25, 0.3) is 5.57 Å². The van der Waals surface area contributed by atoms with E-state index in [1.54, 1.807) is 11.0 Å². The molecular formula is C26H34ClNO2Si. The minimum Gasteiger partial charge on any atom is -0.416 e. The Balaban J connectivity index is 2.32. The topological polar surface area (TPSA) is 29.5 Å². The SMILES string of the molecule is C=C/C=C(\CCO[Si](C)(C)C(C)(C)C)c1ccccc1N(Cc1ccccc1)C(=O)Cl. The number of nitrogens with zero attached hydrogens (tertiary/aromatic N) is 1. The summed E-state index contributed by atoms with van der Waals surface area (Å²) in [6.07, 6.45) is 4.50.